The van der Waals surface area contributed by atoms with Gasteiger partial charge in [0.2, 0.25) is 0 Å². The molecule has 0 amide bonds. The lowest BCUT2D eigenvalue weighted by Crippen LogP contribution is -1.87. The van der Waals surface area contributed by atoms with E-state index in [-0.39, 0.29) is 5.88 Å². The molecule has 0 unspecified atom stereocenters. The SMILES string of the molecule is [O-]c1noc2ccccc12. The van der Waals surface area contributed by atoms with Gasteiger partial charge < -0.3 is 9.63 Å². The molecule has 3 nitrogen and oxygen atoms in total. The Labute approximate surface area is 56.9 Å². The average molecular weight is 134 g/mol. The number of hydrogen-bond donors (Lipinski definition) is 0. The van der Waals surface area contributed by atoms with Gasteiger partial charge in [-0.1, -0.05) is 23.4 Å². The number of nitrogens with zero attached hydrogens (tertiary/aromatic N) is 1. The maximum absolute atomic E-state index is 10.8. The minimum absolute atomic E-state index is 0.296. The molecule has 10 heavy (non-hydrogen) atoms. The maximum Gasteiger partial charge on any atom is 0.166 e. The number of rotatable bonds is 0. The molecule has 0 aliphatic heterocycles. The predicted octanol–water partition coefficient (Wildman–Crippen LogP) is 0.901. The van der Waals surface area contributed by atoms with Crippen molar-refractivity contribution in [1.82, 2.24) is 5.16 Å². The first-order chi connectivity index (χ1) is 4.88. The standard InChI is InChI=1S/C7H5NO2/c9-7-5-3-1-2-4-6(5)10-8-7/h1-4H,(H,8,9)/p-1. The van der Waals surface area contributed by atoms with E-state index in [1.54, 1.807) is 24.3 Å². The number of fused-ring (bicyclic) bond motifs is 1. The lowest BCUT2D eigenvalue weighted by molar-refractivity contribution is -0.274. The van der Waals surface area contributed by atoms with Crippen molar-refractivity contribution in [2.75, 3.05) is 0 Å². The van der Waals surface area contributed by atoms with Crippen LogP contribution in [0.15, 0.2) is 28.8 Å². The summed E-state index contributed by atoms with van der Waals surface area (Å²) < 4.78 is 4.69. The molecular formula is C7H4NO2-. The summed E-state index contributed by atoms with van der Waals surface area (Å²) in [5.74, 6) is -0.296. The van der Waals surface area contributed by atoms with Crippen LogP contribution in [0.5, 0.6) is 5.88 Å². The van der Waals surface area contributed by atoms with E-state index in [1.807, 2.05) is 0 Å². The molecule has 1 aromatic carbocycles. The van der Waals surface area contributed by atoms with Crippen LogP contribution in [0.1, 0.15) is 0 Å². The van der Waals surface area contributed by atoms with E-state index in [2.05, 4.69) is 9.68 Å². The summed E-state index contributed by atoms with van der Waals surface area (Å²) in [5, 5.41) is 14.6. The summed E-state index contributed by atoms with van der Waals surface area (Å²) in [7, 11) is 0. The molecule has 2 aromatic rings. The van der Waals surface area contributed by atoms with E-state index in [0.717, 1.165) is 0 Å². The predicted molar refractivity (Wildman–Crippen MR) is 33.5 cm³/mol. The molecular weight excluding hydrogens is 130 g/mol. The first-order valence-corrected chi connectivity index (χ1v) is 2.89. The monoisotopic (exact) mass is 134 g/mol. The molecule has 0 bridgehead atoms. The molecule has 0 N–H and O–H groups in total. The fourth-order valence-electron chi connectivity index (χ4n) is 0.863. The van der Waals surface area contributed by atoms with Crippen molar-refractivity contribution in [3.63, 3.8) is 0 Å². The van der Waals surface area contributed by atoms with Gasteiger partial charge in [0.05, 0.1) is 0 Å². The molecule has 0 atom stereocenters. The Balaban J connectivity index is 2.93. The Kier molecular flexibility index (Phi) is 0.917. The Hall–Kier alpha value is -1.51. The highest BCUT2D eigenvalue weighted by molar-refractivity contribution is 5.80. The largest absolute Gasteiger partial charge is 0.856 e. The Bertz CT molecular complexity index is 353. The van der Waals surface area contributed by atoms with Gasteiger partial charge in [-0.05, 0) is 6.07 Å². The van der Waals surface area contributed by atoms with Gasteiger partial charge in [-0.3, -0.25) is 0 Å². The minimum atomic E-state index is -0.296. The summed E-state index contributed by atoms with van der Waals surface area (Å²) >= 11 is 0. The van der Waals surface area contributed by atoms with Crippen molar-refractivity contribution in [3.05, 3.63) is 24.3 Å². The van der Waals surface area contributed by atoms with Gasteiger partial charge in [0.25, 0.3) is 0 Å². The van der Waals surface area contributed by atoms with Crippen molar-refractivity contribution in [2.45, 2.75) is 0 Å². The van der Waals surface area contributed by atoms with Gasteiger partial charge in [0.15, 0.2) is 5.58 Å². The average Bonchev–Trinajstić information content (AvgIpc) is 2.34. The number of aromatic nitrogens is 1. The van der Waals surface area contributed by atoms with Crippen LogP contribution in [0, 0.1) is 0 Å². The molecule has 50 valence electrons. The van der Waals surface area contributed by atoms with Crippen molar-refractivity contribution < 1.29 is 9.63 Å². The van der Waals surface area contributed by atoms with Gasteiger partial charge in [0, 0.05) is 11.3 Å². The summed E-state index contributed by atoms with van der Waals surface area (Å²) in [6, 6.07) is 6.98. The van der Waals surface area contributed by atoms with Crippen molar-refractivity contribution in [2.24, 2.45) is 0 Å². The first kappa shape index (κ1) is 5.29. The Morgan fingerprint density at radius 2 is 2.10 bits per heavy atom. The fraction of sp³-hybridized carbons (Fsp3) is 0. The van der Waals surface area contributed by atoms with Gasteiger partial charge in [0.1, 0.15) is 0 Å². The topological polar surface area (TPSA) is 49.1 Å². The second-order valence-corrected chi connectivity index (χ2v) is 1.98. The van der Waals surface area contributed by atoms with Crippen LogP contribution in [0.25, 0.3) is 11.0 Å². The second-order valence-electron chi connectivity index (χ2n) is 1.98. The summed E-state index contributed by atoms with van der Waals surface area (Å²) in [6.45, 7) is 0. The van der Waals surface area contributed by atoms with Crippen LogP contribution in [0.3, 0.4) is 0 Å². The molecule has 0 spiro atoms. The third-order valence-corrected chi connectivity index (χ3v) is 1.34. The molecule has 0 saturated carbocycles. The molecule has 0 aliphatic carbocycles. The molecule has 1 heterocycles. The lowest BCUT2D eigenvalue weighted by Gasteiger charge is -1.92. The zero-order chi connectivity index (χ0) is 6.97. The zero-order valence-corrected chi connectivity index (χ0v) is 5.07. The smallest absolute Gasteiger partial charge is 0.166 e. The quantitative estimate of drug-likeness (QED) is 0.537. The van der Waals surface area contributed by atoms with E-state index in [0.29, 0.717) is 11.0 Å². The van der Waals surface area contributed by atoms with E-state index in [1.165, 1.54) is 0 Å². The summed E-state index contributed by atoms with van der Waals surface area (Å²) in [6.07, 6.45) is 0. The molecule has 3 heteroatoms. The number of benzene rings is 1. The van der Waals surface area contributed by atoms with E-state index in [4.69, 9.17) is 0 Å². The van der Waals surface area contributed by atoms with E-state index >= 15 is 0 Å². The van der Waals surface area contributed by atoms with Crippen LogP contribution in [-0.4, -0.2) is 5.16 Å². The molecule has 2 rings (SSSR count). The number of para-hydroxylation sites is 1. The summed E-state index contributed by atoms with van der Waals surface area (Å²) in [4.78, 5) is 0. The highest BCUT2D eigenvalue weighted by Crippen LogP contribution is 2.19. The lowest BCUT2D eigenvalue weighted by atomic mass is 10.3. The van der Waals surface area contributed by atoms with E-state index in [9.17, 15) is 5.11 Å². The third kappa shape index (κ3) is 0.572. The zero-order valence-electron chi connectivity index (χ0n) is 5.07. The minimum Gasteiger partial charge on any atom is -0.856 e. The van der Waals surface area contributed by atoms with Gasteiger partial charge in [-0.25, -0.2) is 0 Å². The highest BCUT2D eigenvalue weighted by Gasteiger charge is 1.95. The third-order valence-electron chi connectivity index (χ3n) is 1.34. The fourth-order valence-corrected chi connectivity index (χ4v) is 0.863. The van der Waals surface area contributed by atoms with Crippen LogP contribution < -0.4 is 5.11 Å². The van der Waals surface area contributed by atoms with Crippen molar-refractivity contribution >= 4 is 11.0 Å². The number of hydrogen-bond acceptors (Lipinski definition) is 3. The molecule has 1 aromatic heterocycles. The Morgan fingerprint density at radius 3 is 2.90 bits per heavy atom. The van der Waals surface area contributed by atoms with Crippen LogP contribution in [0.4, 0.5) is 0 Å². The van der Waals surface area contributed by atoms with Gasteiger partial charge in [-0.15, -0.1) is 0 Å². The first-order valence-electron chi connectivity index (χ1n) is 2.89. The molecule has 0 fully saturated rings. The van der Waals surface area contributed by atoms with Crippen LogP contribution in [-0.2, 0) is 0 Å². The van der Waals surface area contributed by atoms with Crippen LogP contribution >= 0.6 is 0 Å². The van der Waals surface area contributed by atoms with Crippen molar-refractivity contribution in [1.29, 1.82) is 0 Å². The van der Waals surface area contributed by atoms with Crippen LogP contribution in [0.2, 0.25) is 0 Å². The van der Waals surface area contributed by atoms with Gasteiger partial charge in [-0.2, -0.15) is 0 Å². The second kappa shape index (κ2) is 1.73. The van der Waals surface area contributed by atoms with Crippen molar-refractivity contribution in [3.8, 4) is 5.88 Å². The van der Waals surface area contributed by atoms with Gasteiger partial charge >= 0.3 is 0 Å². The molecule has 0 saturated heterocycles. The molecule has 0 aliphatic rings. The summed E-state index contributed by atoms with van der Waals surface area (Å²) in [5.41, 5.74) is 0.549. The maximum atomic E-state index is 10.8. The highest BCUT2D eigenvalue weighted by atomic mass is 16.5. The molecule has 0 radical (unpaired) electrons. The van der Waals surface area contributed by atoms with E-state index < -0.39 is 0 Å². The normalized spacial score (nSPS) is 10.4. The Morgan fingerprint density at radius 1 is 1.30 bits per heavy atom.